The molecule has 0 aliphatic heterocycles. The van der Waals surface area contributed by atoms with Crippen molar-refractivity contribution in [2.45, 2.75) is 39.3 Å². The highest BCUT2D eigenvalue weighted by atomic mass is 16.4. The van der Waals surface area contributed by atoms with Crippen LogP contribution < -0.4 is 5.73 Å². The van der Waals surface area contributed by atoms with Crippen molar-refractivity contribution in [3.05, 3.63) is 35.4 Å². The van der Waals surface area contributed by atoms with E-state index < -0.39 is 11.9 Å². The minimum Gasteiger partial charge on any atom is -0.481 e. The quantitative estimate of drug-likeness (QED) is 0.793. The zero-order chi connectivity index (χ0) is 15.3. The molecule has 0 bridgehead atoms. The van der Waals surface area contributed by atoms with Gasteiger partial charge in [-0.05, 0) is 31.9 Å². The largest absolute Gasteiger partial charge is 0.481 e. The fourth-order valence-electron chi connectivity index (χ4n) is 1.91. The summed E-state index contributed by atoms with van der Waals surface area (Å²) in [6.07, 6.45) is 0. The zero-order valence-corrected chi connectivity index (χ0v) is 12.2. The lowest BCUT2D eigenvalue weighted by Gasteiger charge is -2.25. The number of carboxylic acids is 1. The van der Waals surface area contributed by atoms with Crippen LogP contribution in [0, 0.1) is 0 Å². The minimum absolute atomic E-state index is 0.208. The molecule has 0 saturated carbocycles. The summed E-state index contributed by atoms with van der Waals surface area (Å²) in [4.78, 5) is 23.9. The van der Waals surface area contributed by atoms with Crippen LogP contribution in [0.25, 0.3) is 0 Å². The number of hydrogen-bond donors (Lipinski definition) is 2. The van der Waals surface area contributed by atoms with Crippen LogP contribution in [-0.2, 0) is 16.1 Å². The van der Waals surface area contributed by atoms with Gasteiger partial charge in [0, 0.05) is 12.6 Å². The Hall–Kier alpha value is -1.88. The molecular weight excluding hydrogens is 256 g/mol. The molecule has 5 heteroatoms. The van der Waals surface area contributed by atoms with Crippen molar-refractivity contribution in [1.29, 1.82) is 0 Å². The minimum atomic E-state index is -0.838. The van der Waals surface area contributed by atoms with Gasteiger partial charge in [0.2, 0.25) is 5.91 Å². The van der Waals surface area contributed by atoms with Crippen molar-refractivity contribution >= 4 is 11.9 Å². The number of nitrogens with zero attached hydrogens (tertiary/aromatic N) is 1. The smallest absolute Gasteiger partial charge is 0.310 e. The van der Waals surface area contributed by atoms with E-state index in [0.29, 0.717) is 6.54 Å². The molecule has 1 unspecified atom stereocenters. The second-order valence-corrected chi connectivity index (χ2v) is 5.27. The average Bonchev–Trinajstić information content (AvgIpc) is 2.37. The lowest BCUT2D eigenvalue weighted by Crippen LogP contribution is -2.37. The van der Waals surface area contributed by atoms with E-state index in [2.05, 4.69) is 0 Å². The third-order valence-electron chi connectivity index (χ3n) is 3.33. The predicted molar refractivity (Wildman–Crippen MR) is 77.2 cm³/mol. The molecule has 1 aromatic carbocycles. The van der Waals surface area contributed by atoms with Gasteiger partial charge >= 0.3 is 5.97 Å². The van der Waals surface area contributed by atoms with Crippen molar-refractivity contribution in [2.24, 2.45) is 5.73 Å². The first-order valence-corrected chi connectivity index (χ1v) is 6.65. The van der Waals surface area contributed by atoms with Crippen LogP contribution in [0.4, 0.5) is 0 Å². The van der Waals surface area contributed by atoms with Gasteiger partial charge in [-0.2, -0.15) is 0 Å². The Bertz CT molecular complexity index is 469. The number of hydrogen-bond acceptors (Lipinski definition) is 3. The Morgan fingerprint density at radius 3 is 2.15 bits per heavy atom. The van der Waals surface area contributed by atoms with E-state index in [1.807, 2.05) is 43.0 Å². The maximum atomic E-state index is 11.0. The number of aliphatic carboxylic acids is 1. The molecule has 0 aromatic heterocycles. The van der Waals surface area contributed by atoms with Crippen molar-refractivity contribution in [3.8, 4) is 0 Å². The van der Waals surface area contributed by atoms with Gasteiger partial charge in [0.15, 0.2) is 0 Å². The standard InChI is InChI=1S/C15H22N2O3/c1-10(2)17(9-14(16)18)8-12-4-6-13(7-5-12)11(3)15(19)20/h4-7,10-11H,8-9H2,1-3H3,(H2,16,18)(H,19,20). The number of primary amides is 1. The summed E-state index contributed by atoms with van der Waals surface area (Å²) in [5, 5.41) is 8.96. The monoisotopic (exact) mass is 278 g/mol. The number of carboxylic acid groups (broad SMARTS) is 1. The van der Waals surface area contributed by atoms with Crippen molar-refractivity contribution in [2.75, 3.05) is 6.54 Å². The Morgan fingerprint density at radius 2 is 1.75 bits per heavy atom. The van der Waals surface area contributed by atoms with Crippen molar-refractivity contribution < 1.29 is 14.7 Å². The van der Waals surface area contributed by atoms with E-state index in [4.69, 9.17) is 10.8 Å². The van der Waals surface area contributed by atoms with Crippen LogP contribution in [0.2, 0.25) is 0 Å². The number of benzene rings is 1. The van der Waals surface area contributed by atoms with E-state index in [-0.39, 0.29) is 18.5 Å². The highest BCUT2D eigenvalue weighted by Crippen LogP contribution is 2.17. The number of rotatable bonds is 7. The molecule has 0 radical (unpaired) electrons. The maximum Gasteiger partial charge on any atom is 0.310 e. The van der Waals surface area contributed by atoms with Gasteiger partial charge in [0.25, 0.3) is 0 Å². The third-order valence-corrected chi connectivity index (χ3v) is 3.33. The first-order chi connectivity index (χ1) is 9.31. The molecule has 0 fully saturated rings. The van der Waals surface area contributed by atoms with Crippen LogP contribution in [0.15, 0.2) is 24.3 Å². The second kappa shape index (κ2) is 7.05. The summed E-state index contributed by atoms with van der Waals surface area (Å²) in [7, 11) is 0. The number of carbonyl (C=O) groups is 2. The van der Waals surface area contributed by atoms with Gasteiger partial charge in [0.1, 0.15) is 0 Å². The third kappa shape index (κ3) is 4.66. The van der Waals surface area contributed by atoms with E-state index in [1.54, 1.807) is 6.92 Å². The van der Waals surface area contributed by atoms with E-state index in [0.717, 1.165) is 11.1 Å². The molecule has 0 saturated heterocycles. The van der Waals surface area contributed by atoms with Crippen molar-refractivity contribution in [3.63, 3.8) is 0 Å². The van der Waals surface area contributed by atoms with Gasteiger partial charge in [-0.15, -0.1) is 0 Å². The summed E-state index contributed by atoms with van der Waals surface area (Å²) in [6.45, 7) is 6.49. The number of carbonyl (C=O) groups excluding carboxylic acids is 1. The SMILES string of the molecule is CC(C(=O)O)c1ccc(CN(CC(N)=O)C(C)C)cc1. The predicted octanol–water partition coefficient (Wildman–Crippen LogP) is 1.57. The lowest BCUT2D eigenvalue weighted by molar-refractivity contribution is -0.138. The molecule has 0 spiro atoms. The molecule has 110 valence electrons. The number of amides is 1. The summed E-state index contributed by atoms with van der Waals surface area (Å²) >= 11 is 0. The van der Waals surface area contributed by atoms with Gasteiger partial charge in [-0.25, -0.2) is 0 Å². The Kier molecular flexibility index (Phi) is 5.70. The summed E-state index contributed by atoms with van der Waals surface area (Å²) in [5.41, 5.74) is 7.04. The van der Waals surface area contributed by atoms with Crippen LogP contribution in [0.3, 0.4) is 0 Å². The molecule has 0 aliphatic rings. The highest BCUT2D eigenvalue weighted by Gasteiger charge is 2.15. The molecule has 3 N–H and O–H groups in total. The molecular formula is C15H22N2O3. The molecule has 1 amide bonds. The molecule has 1 rings (SSSR count). The molecule has 5 nitrogen and oxygen atoms in total. The van der Waals surface area contributed by atoms with E-state index >= 15 is 0 Å². The van der Waals surface area contributed by atoms with Crippen molar-refractivity contribution in [1.82, 2.24) is 4.90 Å². The second-order valence-electron chi connectivity index (χ2n) is 5.27. The topological polar surface area (TPSA) is 83.6 Å². The molecule has 20 heavy (non-hydrogen) atoms. The highest BCUT2D eigenvalue weighted by molar-refractivity contribution is 5.76. The number of nitrogens with two attached hydrogens (primary N) is 1. The van der Waals surface area contributed by atoms with E-state index in [9.17, 15) is 9.59 Å². The van der Waals surface area contributed by atoms with Crippen LogP contribution >= 0.6 is 0 Å². The normalized spacial score (nSPS) is 12.7. The van der Waals surface area contributed by atoms with Crippen LogP contribution in [-0.4, -0.2) is 34.5 Å². The fourth-order valence-corrected chi connectivity index (χ4v) is 1.91. The van der Waals surface area contributed by atoms with Gasteiger partial charge in [-0.1, -0.05) is 24.3 Å². The Morgan fingerprint density at radius 1 is 1.20 bits per heavy atom. The molecule has 0 heterocycles. The summed E-state index contributed by atoms with van der Waals surface area (Å²) in [5.74, 6) is -1.71. The molecule has 1 aromatic rings. The average molecular weight is 278 g/mol. The Balaban J connectivity index is 2.77. The zero-order valence-electron chi connectivity index (χ0n) is 12.2. The summed E-state index contributed by atoms with van der Waals surface area (Å²) < 4.78 is 0. The van der Waals surface area contributed by atoms with Crippen LogP contribution in [0.5, 0.6) is 0 Å². The fraction of sp³-hybridized carbons (Fsp3) is 0.467. The van der Waals surface area contributed by atoms with Gasteiger partial charge < -0.3 is 10.8 Å². The Labute approximate surface area is 119 Å². The van der Waals surface area contributed by atoms with Crippen LogP contribution in [0.1, 0.15) is 37.8 Å². The van der Waals surface area contributed by atoms with E-state index in [1.165, 1.54) is 0 Å². The van der Waals surface area contributed by atoms with Gasteiger partial charge in [-0.3, -0.25) is 14.5 Å². The molecule has 0 aliphatic carbocycles. The molecule has 1 atom stereocenters. The first-order valence-electron chi connectivity index (χ1n) is 6.65. The maximum absolute atomic E-state index is 11.0. The summed E-state index contributed by atoms with van der Waals surface area (Å²) in [6, 6.07) is 7.63. The van der Waals surface area contributed by atoms with Gasteiger partial charge in [0.05, 0.1) is 12.5 Å². The lowest BCUT2D eigenvalue weighted by atomic mass is 10.00. The first kappa shape index (κ1) is 16.2.